The zero-order valence-corrected chi connectivity index (χ0v) is 8.57. The summed E-state index contributed by atoms with van der Waals surface area (Å²) in [5, 5.41) is 3.82. The summed E-state index contributed by atoms with van der Waals surface area (Å²) in [5.41, 5.74) is 6.68. The van der Waals surface area contributed by atoms with Crippen molar-refractivity contribution in [1.82, 2.24) is 10.1 Å². The molecule has 1 unspecified atom stereocenters. The van der Waals surface area contributed by atoms with E-state index in [1.54, 1.807) is 6.20 Å². The van der Waals surface area contributed by atoms with Gasteiger partial charge in [-0.1, -0.05) is 12.1 Å². The molecule has 1 atom stereocenters. The van der Waals surface area contributed by atoms with E-state index < -0.39 is 0 Å². The molecule has 2 heterocycles. The van der Waals surface area contributed by atoms with Crippen LogP contribution >= 0.6 is 0 Å². The highest BCUT2D eigenvalue weighted by atomic mass is 16.5. The SMILES string of the molecule is CCN1CCCC1c1oncc1CN. The van der Waals surface area contributed by atoms with Crippen LogP contribution in [0.25, 0.3) is 0 Å². The van der Waals surface area contributed by atoms with E-state index in [1.807, 2.05) is 0 Å². The van der Waals surface area contributed by atoms with E-state index in [2.05, 4.69) is 17.0 Å². The lowest BCUT2D eigenvalue weighted by molar-refractivity contribution is 0.222. The van der Waals surface area contributed by atoms with E-state index >= 15 is 0 Å². The Bertz CT molecular complexity index is 297. The minimum absolute atomic E-state index is 0.404. The Kier molecular flexibility index (Phi) is 2.84. The normalized spacial score (nSPS) is 23.1. The number of aromatic nitrogens is 1. The molecule has 1 aliphatic rings. The number of hydrogen-bond donors (Lipinski definition) is 1. The first-order valence-corrected chi connectivity index (χ1v) is 5.24. The lowest BCUT2D eigenvalue weighted by Gasteiger charge is -2.20. The number of hydrogen-bond acceptors (Lipinski definition) is 4. The Hall–Kier alpha value is -0.870. The first kappa shape index (κ1) is 9.68. The standard InChI is InChI=1S/C10H17N3O/c1-2-13-5-3-4-9(13)10-8(6-11)7-12-14-10/h7,9H,2-6,11H2,1H3. The molecule has 0 aromatic carbocycles. The van der Waals surface area contributed by atoms with Crippen LogP contribution in [0.4, 0.5) is 0 Å². The zero-order chi connectivity index (χ0) is 9.97. The molecule has 1 aliphatic heterocycles. The van der Waals surface area contributed by atoms with E-state index in [4.69, 9.17) is 10.3 Å². The van der Waals surface area contributed by atoms with Crippen LogP contribution in [0.2, 0.25) is 0 Å². The smallest absolute Gasteiger partial charge is 0.158 e. The molecule has 4 heteroatoms. The first-order valence-electron chi connectivity index (χ1n) is 5.24. The number of nitrogens with two attached hydrogens (primary N) is 1. The first-order chi connectivity index (χ1) is 6.86. The fourth-order valence-corrected chi connectivity index (χ4v) is 2.20. The highest BCUT2D eigenvalue weighted by Crippen LogP contribution is 2.33. The van der Waals surface area contributed by atoms with Crippen molar-refractivity contribution in [2.75, 3.05) is 13.1 Å². The van der Waals surface area contributed by atoms with Crippen molar-refractivity contribution in [1.29, 1.82) is 0 Å². The second-order valence-corrected chi connectivity index (χ2v) is 3.71. The van der Waals surface area contributed by atoms with Crippen molar-refractivity contribution >= 4 is 0 Å². The highest BCUT2D eigenvalue weighted by molar-refractivity contribution is 5.17. The molecule has 2 rings (SSSR count). The fraction of sp³-hybridized carbons (Fsp3) is 0.700. The molecule has 0 spiro atoms. The van der Waals surface area contributed by atoms with Gasteiger partial charge in [-0.2, -0.15) is 0 Å². The van der Waals surface area contributed by atoms with Gasteiger partial charge in [0.05, 0.1) is 12.2 Å². The summed E-state index contributed by atoms with van der Waals surface area (Å²) in [6.07, 6.45) is 4.14. The van der Waals surface area contributed by atoms with Gasteiger partial charge in [0.2, 0.25) is 0 Å². The highest BCUT2D eigenvalue weighted by Gasteiger charge is 2.29. The quantitative estimate of drug-likeness (QED) is 0.789. The van der Waals surface area contributed by atoms with Crippen LogP contribution in [0.15, 0.2) is 10.7 Å². The van der Waals surface area contributed by atoms with E-state index in [0.717, 1.165) is 30.8 Å². The van der Waals surface area contributed by atoms with Gasteiger partial charge in [-0.05, 0) is 25.9 Å². The minimum atomic E-state index is 0.404. The summed E-state index contributed by atoms with van der Waals surface area (Å²) in [6, 6.07) is 0.404. The van der Waals surface area contributed by atoms with Crippen molar-refractivity contribution in [3.63, 3.8) is 0 Å². The van der Waals surface area contributed by atoms with Gasteiger partial charge < -0.3 is 10.3 Å². The molecular formula is C10H17N3O. The molecule has 14 heavy (non-hydrogen) atoms. The minimum Gasteiger partial charge on any atom is -0.359 e. The molecule has 4 nitrogen and oxygen atoms in total. The molecule has 0 saturated carbocycles. The number of likely N-dealkylation sites (tertiary alicyclic amines) is 1. The number of nitrogens with zero attached hydrogens (tertiary/aromatic N) is 2. The lowest BCUT2D eigenvalue weighted by atomic mass is 10.1. The average Bonchev–Trinajstić information content (AvgIpc) is 2.85. The molecule has 0 bridgehead atoms. The maximum absolute atomic E-state index is 5.63. The van der Waals surface area contributed by atoms with Crippen LogP contribution < -0.4 is 5.73 Å². The second kappa shape index (κ2) is 4.11. The van der Waals surface area contributed by atoms with Crippen molar-refractivity contribution in [3.8, 4) is 0 Å². The maximum Gasteiger partial charge on any atom is 0.158 e. The predicted molar refractivity (Wildman–Crippen MR) is 53.6 cm³/mol. The van der Waals surface area contributed by atoms with Gasteiger partial charge >= 0.3 is 0 Å². The summed E-state index contributed by atoms with van der Waals surface area (Å²) in [5.74, 6) is 0.979. The average molecular weight is 195 g/mol. The maximum atomic E-state index is 5.63. The molecule has 1 aromatic heterocycles. The zero-order valence-electron chi connectivity index (χ0n) is 8.57. The molecule has 1 saturated heterocycles. The molecule has 1 fully saturated rings. The van der Waals surface area contributed by atoms with Gasteiger partial charge in [-0.25, -0.2) is 0 Å². The van der Waals surface area contributed by atoms with Gasteiger partial charge in [-0.3, -0.25) is 4.90 Å². The summed E-state index contributed by atoms with van der Waals surface area (Å²) in [6.45, 7) is 4.92. The number of rotatable bonds is 3. The monoisotopic (exact) mass is 195 g/mol. The molecule has 0 aliphatic carbocycles. The van der Waals surface area contributed by atoms with E-state index in [1.165, 1.54) is 6.42 Å². The van der Waals surface area contributed by atoms with Crippen LogP contribution in [0.3, 0.4) is 0 Å². The second-order valence-electron chi connectivity index (χ2n) is 3.71. The Balaban J connectivity index is 2.21. The van der Waals surface area contributed by atoms with Crippen molar-refractivity contribution in [2.24, 2.45) is 5.73 Å². The van der Waals surface area contributed by atoms with Gasteiger partial charge in [0.15, 0.2) is 5.76 Å². The predicted octanol–water partition coefficient (Wildman–Crippen LogP) is 1.29. The lowest BCUT2D eigenvalue weighted by Crippen LogP contribution is -2.23. The van der Waals surface area contributed by atoms with Gasteiger partial charge in [0, 0.05) is 12.1 Å². The van der Waals surface area contributed by atoms with E-state index in [9.17, 15) is 0 Å². The molecule has 78 valence electrons. The Morgan fingerprint density at radius 3 is 3.29 bits per heavy atom. The van der Waals surface area contributed by atoms with Crippen LogP contribution in [-0.2, 0) is 6.54 Å². The third-order valence-electron chi connectivity index (χ3n) is 2.97. The third-order valence-corrected chi connectivity index (χ3v) is 2.97. The van der Waals surface area contributed by atoms with Crippen LogP contribution in [0.1, 0.15) is 37.1 Å². The largest absolute Gasteiger partial charge is 0.359 e. The van der Waals surface area contributed by atoms with Gasteiger partial charge in [-0.15, -0.1) is 0 Å². The summed E-state index contributed by atoms with van der Waals surface area (Å²) >= 11 is 0. The Morgan fingerprint density at radius 2 is 2.57 bits per heavy atom. The molecular weight excluding hydrogens is 178 g/mol. The summed E-state index contributed by atoms with van der Waals surface area (Å²) < 4.78 is 5.30. The van der Waals surface area contributed by atoms with E-state index in [-0.39, 0.29) is 0 Å². The Morgan fingerprint density at radius 1 is 1.71 bits per heavy atom. The van der Waals surface area contributed by atoms with Crippen LogP contribution in [-0.4, -0.2) is 23.1 Å². The molecule has 1 aromatic rings. The van der Waals surface area contributed by atoms with Crippen molar-refractivity contribution in [2.45, 2.75) is 32.4 Å². The third kappa shape index (κ3) is 1.55. The van der Waals surface area contributed by atoms with Gasteiger partial charge in [0.1, 0.15) is 0 Å². The van der Waals surface area contributed by atoms with Crippen LogP contribution in [0, 0.1) is 0 Å². The summed E-state index contributed by atoms with van der Waals surface area (Å²) in [4.78, 5) is 2.42. The Labute approximate surface area is 84.0 Å². The fourth-order valence-electron chi connectivity index (χ4n) is 2.20. The molecule has 2 N–H and O–H groups in total. The van der Waals surface area contributed by atoms with E-state index in [0.29, 0.717) is 12.6 Å². The van der Waals surface area contributed by atoms with Crippen molar-refractivity contribution in [3.05, 3.63) is 17.5 Å². The molecule has 0 radical (unpaired) electrons. The van der Waals surface area contributed by atoms with Crippen LogP contribution in [0.5, 0.6) is 0 Å². The summed E-state index contributed by atoms with van der Waals surface area (Å²) in [7, 11) is 0. The molecule has 0 amide bonds. The van der Waals surface area contributed by atoms with Crippen molar-refractivity contribution < 1.29 is 4.52 Å². The van der Waals surface area contributed by atoms with Gasteiger partial charge in [0.25, 0.3) is 0 Å². The topological polar surface area (TPSA) is 55.3 Å².